The van der Waals surface area contributed by atoms with Gasteiger partial charge in [-0.15, -0.1) is 11.3 Å². The van der Waals surface area contributed by atoms with Crippen molar-refractivity contribution < 1.29 is 4.79 Å². The summed E-state index contributed by atoms with van der Waals surface area (Å²) in [5.41, 5.74) is 13.7. The Balaban J connectivity index is 1.68. The highest BCUT2D eigenvalue weighted by Crippen LogP contribution is 2.37. The van der Waals surface area contributed by atoms with Gasteiger partial charge < -0.3 is 16.4 Å². The number of fused-ring (bicyclic) bond motifs is 1. The normalized spacial score (nSPS) is 15.5. The van der Waals surface area contributed by atoms with Crippen LogP contribution in [-0.2, 0) is 6.54 Å². The van der Waals surface area contributed by atoms with E-state index < -0.39 is 0 Å². The van der Waals surface area contributed by atoms with E-state index in [4.69, 9.17) is 23.1 Å². The van der Waals surface area contributed by atoms with Gasteiger partial charge in [0.25, 0.3) is 5.91 Å². The average molecular weight is 467 g/mol. The summed E-state index contributed by atoms with van der Waals surface area (Å²) in [6.45, 7) is 0.506. The summed E-state index contributed by atoms with van der Waals surface area (Å²) >= 11 is 8.14. The number of hydrogen-bond donors (Lipinski definition) is 2. The number of carbonyl (C=O) groups is 1. The molecule has 0 aliphatic heterocycles. The maximum Gasteiger partial charge on any atom is 0.266 e. The van der Waals surface area contributed by atoms with E-state index in [2.05, 4.69) is 4.99 Å². The summed E-state index contributed by atoms with van der Waals surface area (Å²) in [7, 11) is 0. The molecule has 0 atom stereocenters. The number of amides is 1. The molecule has 5 nitrogen and oxygen atoms in total. The SMILES string of the molecule is NC=N/C(=C\N)c1cccc(CN(C(=O)c2sc3ccccc3c2Cl)C2CCCCC2)c1. The lowest BCUT2D eigenvalue weighted by Gasteiger charge is -2.34. The molecule has 4 rings (SSSR count). The fourth-order valence-corrected chi connectivity index (χ4v) is 5.83. The van der Waals surface area contributed by atoms with Gasteiger partial charge in [0.1, 0.15) is 4.88 Å². The minimum absolute atomic E-state index is 0.00284. The molecule has 0 radical (unpaired) electrons. The highest BCUT2D eigenvalue weighted by molar-refractivity contribution is 7.21. The van der Waals surface area contributed by atoms with Gasteiger partial charge in [-0.25, -0.2) is 4.99 Å². The first-order valence-corrected chi connectivity index (χ1v) is 12.0. The van der Waals surface area contributed by atoms with Crippen molar-refractivity contribution in [3.8, 4) is 0 Å². The van der Waals surface area contributed by atoms with E-state index in [1.807, 2.05) is 53.4 Å². The Labute approximate surface area is 197 Å². The van der Waals surface area contributed by atoms with E-state index in [0.717, 1.165) is 46.9 Å². The highest BCUT2D eigenvalue weighted by atomic mass is 35.5. The molecule has 7 heteroatoms. The maximum atomic E-state index is 13.8. The third kappa shape index (κ3) is 4.66. The number of nitrogens with two attached hydrogens (primary N) is 2. The second kappa shape index (κ2) is 10.2. The Morgan fingerprint density at radius 3 is 2.62 bits per heavy atom. The van der Waals surface area contributed by atoms with Crippen LogP contribution < -0.4 is 11.5 Å². The Hall–Kier alpha value is -2.83. The summed E-state index contributed by atoms with van der Waals surface area (Å²) in [5, 5.41) is 1.49. The number of hydrogen-bond acceptors (Lipinski definition) is 4. The topological polar surface area (TPSA) is 84.7 Å². The van der Waals surface area contributed by atoms with Crippen LogP contribution in [0.2, 0.25) is 5.02 Å². The van der Waals surface area contributed by atoms with Gasteiger partial charge in [-0.3, -0.25) is 4.79 Å². The summed E-state index contributed by atoms with van der Waals surface area (Å²) < 4.78 is 1.03. The third-order valence-electron chi connectivity index (χ3n) is 5.95. The lowest BCUT2D eigenvalue weighted by molar-refractivity contribution is 0.0619. The van der Waals surface area contributed by atoms with Crippen LogP contribution >= 0.6 is 22.9 Å². The molecule has 2 aromatic carbocycles. The molecule has 3 aromatic rings. The van der Waals surface area contributed by atoms with Crippen LogP contribution in [0.1, 0.15) is 52.9 Å². The Morgan fingerprint density at radius 2 is 1.91 bits per heavy atom. The smallest absolute Gasteiger partial charge is 0.266 e. The molecule has 166 valence electrons. The monoisotopic (exact) mass is 466 g/mol. The van der Waals surface area contributed by atoms with Gasteiger partial charge in [0, 0.05) is 34.4 Å². The van der Waals surface area contributed by atoms with Crippen LogP contribution in [0.25, 0.3) is 15.8 Å². The molecule has 0 saturated heterocycles. The standard InChI is InChI=1S/C25H27ClN4OS/c26-23-20-11-4-5-12-22(20)32-24(23)25(31)30(19-9-2-1-3-10-19)15-17-7-6-8-18(13-17)21(14-27)29-16-28/h4-8,11-14,16,19H,1-3,9-10,15,27H2,(H2,28,29)/b21-14-. The van der Waals surface area contributed by atoms with Crippen molar-refractivity contribution in [3.05, 3.63) is 75.8 Å². The summed E-state index contributed by atoms with van der Waals surface area (Å²) in [6, 6.07) is 16.0. The van der Waals surface area contributed by atoms with Crippen molar-refractivity contribution in [1.29, 1.82) is 0 Å². The largest absolute Gasteiger partial charge is 0.403 e. The van der Waals surface area contributed by atoms with Crippen molar-refractivity contribution in [2.75, 3.05) is 0 Å². The molecule has 1 amide bonds. The zero-order valence-corrected chi connectivity index (χ0v) is 19.4. The van der Waals surface area contributed by atoms with Crippen LogP contribution in [-0.4, -0.2) is 23.2 Å². The summed E-state index contributed by atoms with van der Waals surface area (Å²) in [6.07, 6.45) is 8.19. The molecular formula is C25H27ClN4OS. The van der Waals surface area contributed by atoms with Crippen LogP contribution in [0.3, 0.4) is 0 Å². The van der Waals surface area contributed by atoms with Gasteiger partial charge in [-0.2, -0.15) is 0 Å². The molecule has 0 bridgehead atoms. The van der Waals surface area contributed by atoms with Crippen LogP contribution in [0.4, 0.5) is 0 Å². The fraction of sp³-hybridized carbons (Fsp3) is 0.280. The number of aliphatic imine (C=N–C) groups is 1. The molecule has 1 aliphatic carbocycles. The number of nitrogens with zero attached hydrogens (tertiary/aromatic N) is 2. The van der Waals surface area contributed by atoms with Gasteiger partial charge in [0.15, 0.2) is 0 Å². The van der Waals surface area contributed by atoms with Gasteiger partial charge in [-0.1, -0.05) is 67.3 Å². The van der Waals surface area contributed by atoms with E-state index in [1.54, 1.807) is 0 Å². The molecule has 1 heterocycles. The molecule has 1 aromatic heterocycles. The number of rotatable bonds is 6. The van der Waals surface area contributed by atoms with Gasteiger partial charge in [0.05, 0.1) is 17.1 Å². The molecule has 1 saturated carbocycles. The van der Waals surface area contributed by atoms with Gasteiger partial charge in [-0.05, 0) is 30.5 Å². The van der Waals surface area contributed by atoms with E-state index in [0.29, 0.717) is 22.1 Å². The lowest BCUT2D eigenvalue weighted by Crippen LogP contribution is -2.40. The van der Waals surface area contributed by atoms with Crippen molar-refractivity contribution in [2.24, 2.45) is 16.5 Å². The van der Waals surface area contributed by atoms with E-state index >= 15 is 0 Å². The number of carbonyl (C=O) groups excluding carboxylic acids is 1. The predicted octanol–water partition coefficient (Wildman–Crippen LogP) is 5.77. The predicted molar refractivity (Wildman–Crippen MR) is 135 cm³/mol. The van der Waals surface area contributed by atoms with Crippen LogP contribution in [0, 0.1) is 0 Å². The van der Waals surface area contributed by atoms with Crippen molar-refractivity contribution in [2.45, 2.75) is 44.7 Å². The fourth-order valence-electron chi connectivity index (χ4n) is 4.36. The first kappa shape index (κ1) is 22.4. The van der Waals surface area contributed by atoms with Crippen molar-refractivity contribution in [1.82, 2.24) is 4.90 Å². The van der Waals surface area contributed by atoms with Crippen LogP contribution in [0.5, 0.6) is 0 Å². The van der Waals surface area contributed by atoms with Gasteiger partial charge >= 0.3 is 0 Å². The molecule has 4 N–H and O–H groups in total. The molecule has 1 aliphatic rings. The minimum Gasteiger partial charge on any atom is -0.403 e. The first-order chi connectivity index (χ1) is 15.6. The number of halogens is 1. The molecule has 0 unspecified atom stereocenters. The molecule has 0 spiro atoms. The second-order valence-electron chi connectivity index (χ2n) is 8.00. The van der Waals surface area contributed by atoms with Crippen LogP contribution in [0.15, 0.2) is 59.7 Å². The third-order valence-corrected chi connectivity index (χ3v) is 7.62. The quantitative estimate of drug-likeness (QED) is 0.357. The van der Waals surface area contributed by atoms with Gasteiger partial charge in [0.2, 0.25) is 0 Å². The zero-order chi connectivity index (χ0) is 22.5. The number of thiophene rings is 1. The van der Waals surface area contributed by atoms with E-state index in [9.17, 15) is 4.79 Å². The average Bonchev–Trinajstić information content (AvgIpc) is 3.18. The van der Waals surface area contributed by atoms with E-state index in [-0.39, 0.29) is 11.9 Å². The lowest BCUT2D eigenvalue weighted by atomic mass is 9.93. The summed E-state index contributed by atoms with van der Waals surface area (Å²) in [4.78, 5) is 20.6. The Morgan fingerprint density at radius 1 is 1.12 bits per heavy atom. The molecule has 32 heavy (non-hydrogen) atoms. The molecule has 1 fully saturated rings. The second-order valence-corrected chi connectivity index (χ2v) is 9.43. The minimum atomic E-state index is 0.00284. The summed E-state index contributed by atoms with van der Waals surface area (Å²) in [5.74, 6) is 0.00284. The number of benzene rings is 2. The Kier molecular flexibility index (Phi) is 7.12. The maximum absolute atomic E-state index is 13.8. The van der Waals surface area contributed by atoms with E-state index in [1.165, 1.54) is 30.3 Å². The van der Waals surface area contributed by atoms with Crippen molar-refractivity contribution >= 4 is 51.0 Å². The highest BCUT2D eigenvalue weighted by Gasteiger charge is 2.29. The Bertz CT molecular complexity index is 1160. The molecular weight excluding hydrogens is 440 g/mol. The zero-order valence-electron chi connectivity index (χ0n) is 17.8. The first-order valence-electron chi connectivity index (χ1n) is 10.9. The van der Waals surface area contributed by atoms with Crippen molar-refractivity contribution in [3.63, 3.8) is 0 Å².